The van der Waals surface area contributed by atoms with E-state index < -0.39 is 36.7 Å². The number of halogens is 1. The maximum Gasteiger partial charge on any atom is 0.212 e. The normalized spacial score (nSPS) is 14.9. The predicted octanol–water partition coefficient (Wildman–Crippen LogP) is -0.796. The lowest BCUT2D eigenvalue weighted by molar-refractivity contribution is 0.198. The van der Waals surface area contributed by atoms with Gasteiger partial charge in [0.15, 0.2) is 0 Å². The van der Waals surface area contributed by atoms with Gasteiger partial charge >= 0.3 is 0 Å². The zero-order valence-electron chi connectivity index (χ0n) is 9.14. The summed E-state index contributed by atoms with van der Waals surface area (Å²) >= 11 is 5.71. The molecule has 0 spiro atoms. The lowest BCUT2D eigenvalue weighted by Crippen LogP contribution is -2.35. The van der Waals surface area contributed by atoms with Crippen molar-refractivity contribution >= 4 is 31.5 Å². The van der Waals surface area contributed by atoms with E-state index in [0.717, 1.165) is 6.26 Å². The Morgan fingerprint density at radius 2 is 1.81 bits per heavy atom. The molecule has 0 saturated heterocycles. The first-order chi connectivity index (χ1) is 7.16. The van der Waals surface area contributed by atoms with Gasteiger partial charge in [-0.25, -0.2) is 21.6 Å². The average molecular weight is 294 g/mol. The summed E-state index contributed by atoms with van der Waals surface area (Å²) in [5.41, 5.74) is 0. The summed E-state index contributed by atoms with van der Waals surface area (Å²) < 4.78 is 51.1. The van der Waals surface area contributed by atoms with E-state index in [4.69, 9.17) is 16.3 Å². The third-order valence-electron chi connectivity index (χ3n) is 1.60. The second kappa shape index (κ2) is 6.75. The first kappa shape index (κ1) is 16.1. The van der Waals surface area contributed by atoms with Crippen molar-refractivity contribution in [3.05, 3.63) is 0 Å². The van der Waals surface area contributed by atoms with Crippen LogP contribution in [0.2, 0.25) is 0 Å². The van der Waals surface area contributed by atoms with Crippen LogP contribution in [0, 0.1) is 0 Å². The highest BCUT2D eigenvalue weighted by atomic mass is 35.5. The molecule has 0 radical (unpaired) electrons. The third-order valence-corrected chi connectivity index (χ3v) is 4.43. The van der Waals surface area contributed by atoms with E-state index in [9.17, 15) is 16.8 Å². The van der Waals surface area contributed by atoms with E-state index in [1.807, 2.05) is 0 Å². The van der Waals surface area contributed by atoms with Crippen LogP contribution in [0.15, 0.2) is 0 Å². The Morgan fingerprint density at radius 1 is 1.25 bits per heavy atom. The first-order valence-corrected chi connectivity index (χ1v) is 8.59. The van der Waals surface area contributed by atoms with Gasteiger partial charge in [0.05, 0.1) is 23.5 Å². The van der Waals surface area contributed by atoms with Crippen molar-refractivity contribution in [3.63, 3.8) is 0 Å². The van der Waals surface area contributed by atoms with Crippen molar-refractivity contribution in [2.45, 2.75) is 5.38 Å². The minimum absolute atomic E-state index is 0.0154. The van der Waals surface area contributed by atoms with Crippen molar-refractivity contribution < 1.29 is 21.6 Å². The molecule has 0 amide bonds. The number of methoxy groups -OCH3 is 1. The summed E-state index contributed by atoms with van der Waals surface area (Å²) in [7, 11) is -5.43. The number of rotatable bonds is 8. The van der Waals surface area contributed by atoms with E-state index in [1.54, 1.807) is 0 Å². The molecule has 1 N–H and O–H groups in total. The SMILES string of the molecule is COCC(Cl)CNS(=O)(=O)CCS(C)(=O)=O. The van der Waals surface area contributed by atoms with Crippen LogP contribution in [0.5, 0.6) is 0 Å². The van der Waals surface area contributed by atoms with E-state index >= 15 is 0 Å². The van der Waals surface area contributed by atoms with Crippen LogP contribution in [0.25, 0.3) is 0 Å². The van der Waals surface area contributed by atoms with Gasteiger partial charge in [0.25, 0.3) is 0 Å². The smallest absolute Gasteiger partial charge is 0.212 e. The van der Waals surface area contributed by atoms with Crippen LogP contribution in [0.3, 0.4) is 0 Å². The molecule has 0 aliphatic rings. The average Bonchev–Trinajstić information content (AvgIpc) is 2.12. The highest BCUT2D eigenvalue weighted by molar-refractivity contribution is 7.93. The third kappa shape index (κ3) is 9.34. The van der Waals surface area contributed by atoms with Crippen molar-refractivity contribution in [3.8, 4) is 0 Å². The molecule has 0 rings (SSSR count). The highest BCUT2D eigenvalue weighted by Crippen LogP contribution is 1.96. The molecule has 0 aromatic rings. The molecule has 16 heavy (non-hydrogen) atoms. The fraction of sp³-hybridized carbons (Fsp3) is 1.00. The Balaban J connectivity index is 4.07. The minimum Gasteiger partial charge on any atom is -0.383 e. The molecular formula is C7H16ClNO5S2. The number of sulfone groups is 1. The monoisotopic (exact) mass is 293 g/mol. The lowest BCUT2D eigenvalue weighted by atomic mass is 10.5. The molecular weight excluding hydrogens is 278 g/mol. The summed E-state index contributed by atoms with van der Waals surface area (Å²) in [5, 5.41) is -0.474. The Labute approximate surface area is 101 Å². The Bertz CT molecular complexity index is 391. The number of nitrogens with one attached hydrogen (secondary N) is 1. The van der Waals surface area contributed by atoms with Crippen LogP contribution in [0.4, 0.5) is 0 Å². The van der Waals surface area contributed by atoms with Gasteiger partial charge in [-0.15, -0.1) is 11.6 Å². The van der Waals surface area contributed by atoms with Crippen LogP contribution in [-0.4, -0.2) is 60.2 Å². The standard InChI is InChI=1S/C7H16ClNO5S2/c1-14-6-7(8)5-9-16(12,13)4-3-15(2,10)11/h7,9H,3-6H2,1-2H3. The molecule has 98 valence electrons. The number of hydrogen-bond acceptors (Lipinski definition) is 5. The van der Waals surface area contributed by atoms with Crippen molar-refractivity contribution in [2.75, 3.05) is 38.0 Å². The highest BCUT2D eigenvalue weighted by Gasteiger charge is 2.15. The Hall–Kier alpha value is 0.110. The lowest BCUT2D eigenvalue weighted by Gasteiger charge is -2.10. The molecule has 0 aliphatic heterocycles. The number of sulfonamides is 1. The quantitative estimate of drug-likeness (QED) is 0.592. The molecule has 0 fully saturated rings. The van der Waals surface area contributed by atoms with Gasteiger partial charge in [0.2, 0.25) is 10.0 Å². The minimum atomic E-state index is -3.60. The molecule has 0 heterocycles. The first-order valence-electron chi connectivity index (χ1n) is 4.44. The second-order valence-corrected chi connectivity index (χ2v) is 8.15. The van der Waals surface area contributed by atoms with E-state index in [-0.39, 0.29) is 13.2 Å². The summed E-state index contributed by atoms with van der Waals surface area (Å²) in [6, 6.07) is 0. The van der Waals surface area contributed by atoms with Gasteiger partial charge < -0.3 is 4.74 Å². The summed E-state index contributed by atoms with van der Waals surface area (Å²) in [4.78, 5) is 0. The van der Waals surface area contributed by atoms with Crippen molar-refractivity contribution in [2.24, 2.45) is 0 Å². The predicted molar refractivity (Wildman–Crippen MR) is 63.0 cm³/mol. The van der Waals surface area contributed by atoms with Gasteiger partial charge in [-0.1, -0.05) is 0 Å². The molecule has 0 bridgehead atoms. The maximum atomic E-state index is 11.3. The molecule has 0 aromatic heterocycles. The molecule has 1 atom stereocenters. The van der Waals surface area contributed by atoms with Crippen LogP contribution >= 0.6 is 11.6 Å². The maximum absolute atomic E-state index is 11.3. The van der Waals surface area contributed by atoms with Gasteiger partial charge in [-0.05, 0) is 0 Å². The fourth-order valence-electron chi connectivity index (χ4n) is 0.790. The van der Waals surface area contributed by atoms with Gasteiger partial charge in [-0.3, -0.25) is 0 Å². The summed E-state index contributed by atoms with van der Waals surface area (Å²) in [5.74, 6) is -0.859. The number of alkyl halides is 1. The van der Waals surface area contributed by atoms with Crippen molar-refractivity contribution in [1.82, 2.24) is 4.72 Å². The van der Waals surface area contributed by atoms with Gasteiger partial charge in [-0.2, -0.15) is 0 Å². The van der Waals surface area contributed by atoms with Crippen molar-refractivity contribution in [1.29, 1.82) is 0 Å². The molecule has 9 heteroatoms. The van der Waals surface area contributed by atoms with E-state index in [1.165, 1.54) is 7.11 Å². The topological polar surface area (TPSA) is 89.5 Å². The Morgan fingerprint density at radius 3 is 2.25 bits per heavy atom. The summed E-state index contributed by atoms with van der Waals surface area (Å²) in [6.45, 7) is 0.234. The van der Waals surface area contributed by atoms with Crippen LogP contribution in [0.1, 0.15) is 0 Å². The molecule has 0 aliphatic carbocycles. The summed E-state index contributed by atoms with van der Waals surface area (Å²) in [6.07, 6.45) is 0.984. The van der Waals surface area contributed by atoms with E-state index in [2.05, 4.69) is 4.72 Å². The number of ether oxygens (including phenoxy) is 1. The molecule has 0 saturated carbocycles. The zero-order valence-corrected chi connectivity index (χ0v) is 11.5. The fourth-order valence-corrected chi connectivity index (χ4v) is 3.77. The van der Waals surface area contributed by atoms with Crippen LogP contribution < -0.4 is 4.72 Å². The molecule has 6 nitrogen and oxygen atoms in total. The van der Waals surface area contributed by atoms with E-state index in [0.29, 0.717) is 0 Å². The van der Waals surface area contributed by atoms with Gasteiger partial charge in [0, 0.05) is 19.9 Å². The molecule has 1 unspecified atom stereocenters. The molecule has 0 aromatic carbocycles. The largest absolute Gasteiger partial charge is 0.383 e. The van der Waals surface area contributed by atoms with Gasteiger partial charge in [0.1, 0.15) is 9.84 Å². The zero-order chi connectivity index (χ0) is 12.8. The second-order valence-electron chi connectivity index (χ2n) is 3.35. The van der Waals surface area contributed by atoms with Crippen LogP contribution in [-0.2, 0) is 24.6 Å². The number of hydrogen-bond donors (Lipinski definition) is 1. The Kier molecular flexibility index (Phi) is 6.80.